The minimum atomic E-state index is 0. The fraction of sp³-hybridized carbons (Fsp3) is 0.700. The first-order valence-corrected chi connectivity index (χ1v) is 6.03. The zero-order chi connectivity index (χ0) is 9.80. The molecule has 1 aromatic heterocycles. The molecule has 1 aliphatic rings. The van der Waals surface area contributed by atoms with Crippen LogP contribution in [0.4, 0.5) is 0 Å². The van der Waals surface area contributed by atoms with E-state index in [0.29, 0.717) is 0 Å². The molecule has 1 fully saturated rings. The third-order valence-electron chi connectivity index (χ3n) is 2.80. The van der Waals surface area contributed by atoms with E-state index in [4.69, 9.17) is 0 Å². The van der Waals surface area contributed by atoms with Crippen LogP contribution in [-0.2, 0) is 6.54 Å². The van der Waals surface area contributed by atoms with Gasteiger partial charge < -0.3 is 5.32 Å². The van der Waals surface area contributed by atoms with Gasteiger partial charge in [0, 0.05) is 17.6 Å². The number of nitrogens with zero attached hydrogens (tertiary/aromatic N) is 2. The van der Waals surface area contributed by atoms with E-state index in [9.17, 15) is 0 Å². The number of nitrogens with one attached hydrogen (secondary N) is 1. The largest absolute Gasteiger partial charge is 0.317 e. The van der Waals surface area contributed by atoms with E-state index in [1.807, 2.05) is 11.6 Å². The molecule has 1 aromatic rings. The Morgan fingerprint density at radius 2 is 2.27 bits per heavy atom. The predicted molar refractivity (Wildman–Crippen MR) is 66.7 cm³/mol. The summed E-state index contributed by atoms with van der Waals surface area (Å²) in [5.74, 6) is 0. The van der Waals surface area contributed by atoms with Gasteiger partial charge in [0.05, 0.1) is 6.54 Å². The van der Waals surface area contributed by atoms with Gasteiger partial charge in [0.2, 0.25) is 0 Å². The van der Waals surface area contributed by atoms with Gasteiger partial charge >= 0.3 is 0 Å². The summed E-state index contributed by atoms with van der Waals surface area (Å²) < 4.78 is 0. The van der Waals surface area contributed by atoms with Crippen LogP contribution < -0.4 is 5.32 Å². The second-order valence-corrected chi connectivity index (χ2v) is 4.80. The second kappa shape index (κ2) is 6.43. The molecule has 0 aromatic carbocycles. The van der Waals surface area contributed by atoms with Gasteiger partial charge in [0.15, 0.2) is 0 Å². The number of aromatic nitrogens is 1. The van der Waals surface area contributed by atoms with Crippen molar-refractivity contribution in [3.63, 3.8) is 0 Å². The van der Waals surface area contributed by atoms with E-state index in [-0.39, 0.29) is 12.4 Å². The Kier molecular flexibility index (Phi) is 5.53. The van der Waals surface area contributed by atoms with Crippen molar-refractivity contribution in [3.05, 3.63) is 16.6 Å². The molecule has 3 nitrogen and oxygen atoms in total. The molecule has 0 unspecified atom stereocenters. The van der Waals surface area contributed by atoms with E-state index < -0.39 is 0 Å². The molecule has 0 atom stereocenters. The Labute approximate surface area is 101 Å². The molecule has 0 bridgehead atoms. The average molecular weight is 248 g/mol. The van der Waals surface area contributed by atoms with Crippen LogP contribution in [0, 0.1) is 0 Å². The normalized spacial score (nSPS) is 17.7. The lowest BCUT2D eigenvalue weighted by atomic mass is 10.1. The Morgan fingerprint density at radius 3 is 2.87 bits per heavy atom. The quantitative estimate of drug-likeness (QED) is 0.882. The van der Waals surface area contributed by atoms with Crippen LogP contribution in [0.3, 0.4) is 0 Å². The first-order chi connectivity index (χ1) is 6.86. The third-order valence-corrected chi connectivity index (χ3v) is 3.56. The Bertz CT molecular complexity index is 260. The molecule has 0 spiro atoms. The predicted octanol–water partition coefficient (Wildman–Crippen LogP) is 1.75. The first-order valence-electron chi connectivity index (χ1n) is 5.15. The zero-order valence-electron chi connectivity index (χ0n) is 8.98. The maximum Gasteiger partial charge on any atom is 0.107 e. The molecule has 15 heavy (non-hydrogen) atoms. The minimum absolute atomic E-state index is 0. The average Bonchev–Trinajstić information content (AvgIpc) is 2.72. The van der Waals surface area contributed by atoms with Crippen molar-refractivity contribution in [2.24, 2.45) is 0 Å². The van der Waals surface area contributed by atoms with E-state index in [2.05, 4.69) is 22.2 Å². The molecule has 1 N–H and O–H groups in total. The Morgan fingerprint density at radius 1 is 1.53 bits per heavy atom. The first kappa shape index (κ1) is 12.9. The fourth-order valence-corrected chi connectivity index (χ4v) is 2.60. The summed E-state index contributed by atoms with van der Waals surface area (Å²) in [6.45, 7) is 3.32. The van der Waals surface area contributed by atoms with Crippen molar-refractivity contribution in [3.8, 4) is 0 Å². The van der Waals surface area contributed by atoms with Crippen LogP contribution >= 0.6 is 23.7 Å². The van der Waals surface area contributed by atoms with Crippen LogP contribution in [-0.4, -0.2) is 36.1 Å². The molecule has 86 valence electrons. The van der Waals surface area contributed by atoms with E-state index in [0.717, 1.165) is 25.7 Å². The van der Waals surface area contributed by atoms with E-state index >= 15 is 0 Å². The van der Waals surface area contributed by atoms with E-state index in [1.54, 1.807) is 11.3 Å². The van der Waals surface area contributed by atoms with Crippen LogP contribution in [0.25, 0.3) is 0 Å². The molecule has 1 aliphatic heterocycles. The fourth-order valence-electron chi connectivity index (χ4n) is 1.92. The summed E-state index contributed by atoms with van der Waals surface area (Å²) >= 11 is 1.75. The van der Waals surface area contributed by atoms with Gasteiger partial charge in [-0.15, -0.1) is 23.7 Å². The Hall–Kier alpha value is -0.160. The zero-order valence-corrected chi connectivity index (χ0v) is 10.6. The van der Waals surface area contributed by atoms with Gasteiger partial charge in [-0.3, -0.25) is 4.90 Å². The van der Waals surface area contributed by atoms with Crippen LogP contribution in [0.2, 0.25) is 0 Å². The summed E-state index contributed by atoms with van der Waals surface area (Å²) in [4.78, 5) is 6.74. The molecule has 0 amide bonds. The van der Waals surface area contributed by atoms with Crippen molar-refractivity contribution in [2.75, 3.05) is 20.1 Å². The highest BCUT2D eigenvalue weighted by Crippen LogP contribution is 2.14. The van der Waals surface area contributed by atoms with Gasteiger partial charge in [0.1, 0.15) is 5.01 Å². The molecule has 5 heteroatoms. The summed E-state index contributed by atoms with van der Waals surface area (Å²) in [5, 5.41) is 6.66. The van der Waals surface area contributed by atoms with Crippen molar-refractivity contribution < 1.29 is 0 Å². The maximum absolute atomic E-state index is 4.31. The highest BCUT2D eigenvalue weighted by Gasteiger charge is 2.17. The van der Waals surface area contributed by atoms with Crippen molar-refractivity contribution >= 4 is 23.7 Å². The van der Waals surface area contributed by atoms with Crippen LogP contribution in [0.1, 0.15) is 17.8 Å². The molecule has 1 saturated heterocycles. The van der Waals surface area contributed by atoms with Gasteiger partial charge in [-0.25, -0.2) is 4.98 Å². The maximum atomic E-state index is 4.31. The summed E-state index contributed by atoms with van der Waals surface area (Å²) in [6, 6.07) is 0.736. The summed E-state index contributed by atoms with van der Waals surface area (Å²) in [5.41, 5.74) is 0. The monoisotopic (exact) mass is 247 g/mol. The topological polar surface area (TPSA) is 28.2 Å². The SMILES string of the molecule is CN(Cc1nccs1)C1CCNCC1.Cl. The minimum Gasteiger partial charge on any atom is -0.317 e. The standard InChI is InChI=1S/C10H17N3S.ClH/c1-13(8-10-12-6-7-14-10)9-2-4-11-5-3-9;/h6-7,9,11H,2-5,8H2,1H3;1H. The highest BCUT2D eigenvalue weighted by molar-refractivity contribution is 7.09. The lowest BCUT2D eigenvalue weighted by molar-refractivity contribution is 0.191. The second-order valence-electron chi connectivity index (χ2n) is 3.82. The number of hydrogen-bond acceptors (Lipinski definition) is 4. The van der Waals surface area contributed by atoms with Gasteiger partial charge in [-0.2, -0.15) is 0 Å². The number of hydrogen-bond donors (Lipinski definition) is 1. The van der Waals surface area contributed by atoms with Gasteiger partial charge in [-0.1, -0.05) is 0 Å². The number of halogens is 1. The van der Waals surface area contributed by atoms with E-state index in [1.165, 1.54) is 17.8 Å². The molecule has 0 saturated carbocycles. The number of rotatable bonds is 3. The lowest BCUT2D eigenvalue weighted by Crippen LogP contribution is -2.40. The molecule has 2 heterocycles. The lowest BCUT2D eigenvalue weighted by Gasteiger charge is -2.30. The molecule has 0 aliphatic carbocycles. The number of thiazole rings is 1. The van der Waals surface area contributed by atoms with Crippen molar-refractivity contribution in [1.29, 1.82) is 0 Å². The van der Waals surface area contributed by atoms with Crippen molar-refractivity contribution in [2.45, 2.75) is 25.4 Å². The molecule has 2 rings (SSSR count). The van der Waals surface area contributed by atoms with Gasteiger partial charge in [0.25, 0.3) is 0 Å². The molecular weight excluding hydrogens is 230 g/mol. The van der Waals surface area contributed by atoms with Crippen LogP contribution in [0.15, 0.2) is 11.6 Å². The summed E-state index contributed by atoms with van der Waals surface area (Å²) in [7, 11) is 2.21. The van der Waals surface area contributed by atoms with Crippen molar-refractivity contribution in [1.82, 2.24) is 15.2 Å². The third kappa shape index (κ3) is 3.72. The van der Waals surface area contributed by atoms with Crippen LogP contribution in [0.5, 0.6) is 0 Å². The number of piperidine rings is 1. The highest BCUT2D eigenvalue weighted by atomic mass is 35.5. The van der Waals surface area contributed by atoms with Gasteiger partial charge in [-0.05, 0) is 33.0 Å². The molecular formula is C10H18ClN3S. The summed E-state index contributed by atoms with van der Waals surface area (Å²) in [6.07, 6.45) is 4.42. The smallest absolute Gasteiger partial charge is 0.107 e. The Balaban J connectivity index is 0.00000112. The molecule has 0 radical (unpaired) electrons.